The Bertz CT molecular complexity index is 1020. The molecule has 2 aliphatic rings. The van der Waals surface area contributed by atoms with E-state index in [2.05, 4.69) is 33.0 Å². The summed E-state index contributed by atoms with van der Waals surface area (Å²) in [7, 11) is 3.86. The Labute approximate surface area is 157 Å². The van der Waals surface area contributed by atoms with E-state index in [9.17, 15) is 0 Å². The Kier molecular flexibility index (Phi) is 3.73. The minimum Gasteiger partial charge on any atom is -0.494 e. The second-order valence-electron chi connectivity index (χ2n) is 7.88. The van der Waals surface area contributed by atoms with E-state index < -0.39 is 0 Å². The van der Waals surface area contributed by atoms with Gasteiger partial charge >= 0.3 is 0 Å². The molecule has 8 nitrogen and oxygen atoms in total. The van der Waals surface area contributed by atoms with E-state index in [4.69, 9.17) is 15.5 Å². The monoisotopic (exact) mass is 367 g/mol. The van der Waals surface area contributed by atoms with Gasteiger partial charge in [-0.2, -0.15) is 4.52 Å². The lowest BCUT2D eigenvalue weighted by Gasteiger charge is -2.38. The van der Waals surface area contributed by atoms with E-state index in [-0.39, 0.29) is 0 Å². The number of hydrogen-bond donors (Lipinski definition) is 1. The summed E-state index contributed by atoms with van der Waals surface area (Å²) in [6.45, 7) is 5.03. The molecule has 0 radical (unpaired) electrons. The van der Waals surface area contributed by atoms with Gasteiger partial charge in [0.25, 0.3) is 0 Å². The fourth-order valence-electron chi connectivity index (χ4n) is 4.73. The Morgan fingerprint density at radius 1 is 1.19 bits per heavy atom. The Balaban J connectivity index is 1.58. The second-order valence-corrected chi connectivity index (χ2v) is 7.88. The van der Waals surface area contributed by atoms with E-state index in [0.29, 0.717) is 23.8 Å². The molecule has 2 atom stereocenters. The number of hydrogen-bond acceptors (Lipinski definition) is 7. The maximum Gasteiger partial charge on any atom is 0.223 e. The van der Waals surface area contributed by atoms with Gasteiger partial charge in [0.05, 0.1) is 13.7 Å². The number of aryl methyl sites for hydroxylation is 1. The topological polar surface area (TPSA) is 84.8 Å². The molecular formula is C19H25N7O. The molecule has 4 heterocycles. The van der Waals surface area contributed by atoms with E-state index in [0.717, 1.165) is 47.6 Å². The lowest BCUT2D eigenvalue weighted by atomic mass is 10.1. The predicted octanol–water partition coefficient (Wildman–Crippen LogP) is 1.46. The molecule has 0 aliphatic carbocycles. The molecule has 3 aromatic rings. The number of benzene rings is 1. The fourth-order valence-corrected chi connectivity index (χ4v) is 4.73. The summed E-state index contributed by atoms with van der Waals surface area (Å²) in [5.41, 5.74) is 8.76. The van der Waals surface area contributed by atoms with E-state index in [1.807, 2.05) is 13.0 Å². The lowest BCUT2D eigenvalue weighted by molar-refractivity contribution is 0.0738. The van der Waals surface area contributed by atoms with E-state index in [1.54, 1.807) is 11.6 Å². The van der Waals surface area contributed by atoms with Crippen molar-refractivity contribution in [2.24, 2.45) is 0 Å². The van der Waals surface area contributed by atoms with Gasteiger partial charge in [-0.15, -0.1) is 5.10 Å². The van der Waals surface area contributed by atoms with E-state index >= 15 is 0 Å². The van der Waals surface area contributed by atoms with Crippen molar-refractivity contribution in [2.45, 2.75) is 38.4 Å². The van der Waals surface area contributed by atoms with Crippen LogP contribution in [0.1, 0.15) is 24.2 Å². The van der Waals surface area contributed by atoms with Gasteiger partial charge in [-0.25, -0.2) is 9.97 Å². The number of nitrogen functional groups attached to an aromatic ring is 1. The highest BCUT2D eigenvalue weighted by molar-refractivity contribution is 5.96. The first kappa shape index (κ1) is 16.7. The highest BCUT2D eigenvalue weighted by atomic mass is 16.5. The Hall–Kier alpha value is -2.45. The van der Waals surface area contributed by atoms with Crippen molar-refractivity contribution >= 4 is 22.5 Å². The molecule has 142 valence electrons. The minimum atomic E-state index is 0.333. The molecule has 2 saturated heterocycles. The van der Waals surface area contributed by atoms with Crippen LogP contribution < -0.4 is 10.5 Å². The third-order valence-electron chi connectivity index (χ3n) is 5.91. The zero-order chi connectivity index (χ0) is 18.7. The van der Waals surface area contributed by atoms with Gasteiger partial charge in [-0.1, -0.05) is 0 Å². The number of methoxy groups -OCH3 is 1. The van der Waals surface area contributed by atoms with Crippen LogP contribution in [0, 0.1) is 6.92 Å². The van der Waals surface area contributed by atoms with Crippen molar-refractivity contribution in [1.29, 1.82) is 0 Å². The maximum absolute atomic E-state index is 6.19. The van der Waals surface area contributed by atoms with Crippen LogP contribution in [-0.4, -0.2) is 68.7 Å². The summed E-state index contributed by atoms with van der Waals surface area (Å²) in [6, 6.07) is 5.21. The highest BCUT2D eigenvalue weighted by Crippen LogP contribution is 2.32. The second kappa shape index (κ2) is 6.03. The maximum atomic E-state index is 6.19. The number of aromatic nitrogens is 4. The average molecular weight is 367 g/mol. The van der Waals surface area contributed by atoms with Crippen molar-refractivity contribution < 1.29 is 4.74 Å². The van der Waals surface area contributed by atoms with Gasteiger partial charge < -0.3 is 15.4 Å². The zero-order valence-corrected chi connectivity index (χ0v) is 16.0. The van der Waals surface area contributed by atoms with Crippen LogP contribution in [-0.2, 0) is 6.54 Å². The number of nitrogens with two attached hydrogens (primary N) is 1. The number of anilines is 1. The van der Waals surface area contributed by atoms with E-state index in [1.165, 1.54) is 12.8 Å². The molecule has 0 amide bonds. The Morgan fingerprint density at radius 3 is 2.63 bits per heavy atom. The number of rotatable bonds is 3. The first-order valence-corrected chi connectivity index (χ1v) is 9.47. The quantitative estimate of drug-likeness (QED) is 0.750. The molecule has 5 rings (SSSR count). The molecule has 27 heavy (non-hydrogen) atoms. The lowest BCUT2D eigenvalue weighted by Crippen LogP contribution is -2.51. The number of fused-ring (bicyclic) bond motifs is 5. The van der Waals surface area contributed by atoms with Crippen LogP contribution in [0.4, 0.5) is 5.95 Å². The number of ether oxygens (including phenoxy) is 1. The summed E-state index contributed by atoms with van der Waals surface area (Å²) in [5.74, 6) is 1.85. The van der Waals surface area contributed by atoms with Gasteiger partial charge in [0.2, 0.25) is 5.95 Å². The highest BCUT2D eigenvalue weighted by Gasteiger charge is 2.39. The minimum absolute atomic E-state index is 0.333. The molecule has 2 aliphatic heterocycles. The van der Waals surface area contributed by atoms with Crippen molar-refractivity contribution in [1.82, 2.24) is 29.4 Å². The van der Waals surface area contributed by atoms with Crippen LogP contribution in [0.25, 0.3) is 16.6 Å². The summed E-state index contributed by atoms with van der Waals surface area (Å²) in [6.07, 6.45) is 2.51. The molecule has 8 heteroatoms. The smallest absolute Gasteiger partial charge is 0.223 e. The van der Waals surface area contributed by atoms with Crippen LogP contribution in [0.5, 0.6) is 5.75 Å². The molecule has 2 N–H and O–H groups in total. The normalized spacial score (nSPS) is 23.5. The van der Waals surface area contributed by atoms with Crippen LogP contribution >= 0.6 is 0 Å². The summed E-state index contributed by atoms with van der Waals surface area (Å²) in [5, 5.41) is 5.60. The molecule has 0 saturated carbocycles. The van der Waals surface area contributed by atoms with Crippen LogP contribution in [0.15, 0.2) is 12.1 Å². The number of piperazine rings is 1. The molecule has 2 unspecified atom stereocenters. The predicted molar refractivity (Wildman–Crippen MR) is 104 cm³/mol. The van der Waals surface area contributed by atoms with Crippen molar-refractivity contribution in [3.05, 3.63) is 23.5 Å². The summed E-state index contributed by atoms with van der Waals surface area (Å²) < 4.78 is 7.16. The van der Waals surface area contributed by atoms with Gasteiger partial charge in [-0.3, -0.25) is 4.90 Å². The third-order valence-corrected chi connectivity index (χ3v) is 5.91. The largest absolute Gasteiger partial charge is 0.494 e. The summed E-state index contributed by atoms with van der Waals surface area (Å²) >= 11 is 0. The van der Waals surface area contributed by atoms with Gasteiger partial charge in [0.15, 0.2) is 11.5 Å². The summed E-state index contributed by atoms with van der Waals surface area (Å²) in [4.78, 5) is 14.4. The molecule has 2 fully saturated rings. The van der Waals surface area contributed by atoms with Crippen molar-refractivity contribution in [3.63, 3.8) is 0 Å². The zero-order valence-electron chi connectivity index (χ0n) is 16.0. The standard InChI is InChI=1S/C19H25N7O/c1-11-6-14-17(15(7-11)27-3)22-19(20)26-18(14)21-16(23-26)10-25-12-4-5-13(25)9-24(2)8-12/h6-7,12-13H,4-5,8-10H2,1-3H3,(H2,20,22). The SMILES string of the molecule is COc1cc(C)cc2c1nc(N)n1nc(CN3C4CCC3CN(C)C4)nc21. The van der Waals surface area contributed by atoms with Crippen molar-refractivity contribution in [2.75, 3.05) is 33.0 Å². The average Bonchev–Trinajstić information content (AvgIpc) is 3.16. The first-order valence-electron chi connectivity index (χ1n) is 9.47. The number of nitrogens with zero attached hydrogens (tertiary/aromatic N) is 6. The van der Waals surface area contributed by atoms with Crippen LogP contribution in [0.3, 0.4) is 0 Å². The van der Waals surface area contributed by atoms with Gasteiger partial charge in [-0.05, 0) is 44.5 Å². The molecular weight excluding hydrogens is 342 g/mol. The number of likely N-dealkylation sites (N-methyl/N-ethyl adjacent to an activating group) is 1. The molecule has 0 spiro atoms. The third kappa shape index (κ3) is 2.62. The van der Waals surface area contributed by atoms with Gasteiger partial charge in [0.1, 0.15) is 11.3 Å². The van der Waals surface area contributed by atoms with Gasteiger partial charge in [0, 0.05) is 30.6 Å². The van der Waals surface area contributed by atoms with Crippen molar-refractivity contribution in [3.8, 4) is 5.75 Å². The van der Waals surface area contributed by atoms with Crippen LogP contribution in [0.2, 0.25) is 0 Å². The first-order chi connectivity index (χ1) is 13.0. The Morgan fingerprint density at radius 2 is 1.93 bits per heavy atom. The molecule has 2 bridgehead atoms. The molecule has 2 aromatic heterocycles. The molecule has 1 aromatic carbocycles. The number of likely N-dealkylation sites (tertiary alicyclic amines) is 1. The fraction of sp³-hybridized carbons (Fsp3) is 0.526.